The van der Waals surface area contributed by atoms with Gasteiger partial charge in [-0.2, -0.15) is 0 Å². The molecule has 1 aromatic rings. The van der Waals surface area contributed by atoms with E-state index < -0.39 is 32.4 Å². The molecule has 1 aliphatic carbocycles. The van der Waals surface area contributed by atoms with Gasteiger partial charge in [-0.25, -0.2) is 8.42 Å². The minimum absolute atomic E-state index is 0.186. The van der Waals surface area contributed by atoms with Crippen LogP contribution in [0.4, 0.5) is 0 Å². The molecule has 6 nitrogen and oxygen atoms in total. The lowest BCUT2D eigenvalue weighted by Crippen LogP contribution is -2.55. The number of hydrogen-bond donors (Lipinski definition) is 2. The Morgan fingerprint density at radius 2 is 1.79 bits per heavy atom. The number of benzene rings is 1. The Morgan fingerprint density at radius 3 is 2.33 bits per heavy atom. The average molecular weight is 352 g/mol. The Morgan fingerprint density at radius 1 is 1.21 bits per heavy atom. The van der Waals surface area contributed by atoms with Crippen LogP contribution in [0.5, 0.6) is 0 Å². The highest BCUT2D eigenvalue weighted by Crippen LogP contribution is 2.41. The maximum atomic E-state index is 13.3. The quantitative estimate of drug-likeness (QED) is 0.835. The minimum atomic E-state index is -3.89. The van der Waals surface area contributed by atoms with Crippen molar-refractivity contribution in [2.45, 2.75) is 62.1 Å². The largest absolute Gasteiger partial charge is 0.368 e. The lowest BCUT2D eigenvalue weighted by molar-refractivity contribution is -0.128. The molecule has 1 unspecified atom stereocenters. The van der Waals surface area contributed by atoms with Gasteiger partial charge in [0.1, 0.15) is 6.04 Å². The number of amides is 2. The molecule has 1 saturated carbocycles. The fourth-order valence-electron chi connectivity index (χ4n) is 3.17. The zero-order valence-electron chi connectivity index (χ0n) is 14.3. The van der Waals surface area contributed by atoms with Crippen LogP contribution in [0.2, 0.25) is 0 Å². The molecule has 0 radical (unpaired) electrons. The second-order valence-electron chi connectivity index (χ2n) is 6.57. The molecule has 0 bridgehead atoms. The van der Waals surface area contributed by atoms with Crippen LogP contribution in [0.25, 0.3) is 0 Å². The second kappa shape index (κ2) is 6.55. The van der Waals surface area contributed by atoms with Gasteiger partial charge >= 0.3 is 0 Å². The predicted octanol–water partition coefficient (Wildman–Crippen LogP) is 1.38. The summed E-state index contributed by atoms with van der Waals surface area (Å²) in [6.45, 7) is 4.99. The van der Waals surface area contributed by atoms with Crippen molar-refractivity contribution >= 4 is 21.7 Å². The van der Waals surface area contributed by atoms with Gasteiger partial charge in [0.2, 0.25) is 11.8 Å². The number of aryl methyl sites for hydroxylation is 2. The van der Waals surface area contributed by atoms with Crippen molar-refractivity contribution in [2.24, 2.45) is 5.73 Å². The van der Waals surface area contributed by atoms with E-state index in [-0.39, 0.29) is 17.7 Å². The van der Waals surface area contributed by atoms with E-state index in [1.54, 1.807) is 19.1 Å². The summed E-state index contributed by atoms with van der Waals surface area (Å²) in [5.74, 6) is -1.33. The number of hydrogen-bond acceptors (Lipinski definition) is 4. The SMILES string of the molecule is Cc1ccc(C)c(S(=O)(=O)C2(C(=O)NC(C)C(N)=O)CCCC2)c1. The van der Waals surface area contributed by atoms with Crippen molar-refractivity contribution in [1.29, 1.82) is 0 Å². The maximum absolute atomic E-state index is 13.3. The van der Waals surface area contributed by atoms with Gasteiger partial charge in [0.25, 0.3) is 0 Å². The molecule has 0 saturated heterocycles. The van der Waals surface area contributed by atoms with E-state index in [2.05, 4.69) is 5.32 Å². The zero-order chi connectivity index (χ0) is 18.1. The molecule has 0 heterocycles. The van der Waals surface area contributed by atoms with Crippen molar-refractivity contribution in [2.75, 3.05) is 0 Å². The summed E-state index contributed by atoms with van der Waals surface area (Å²) in [6.07, 6.45) is 1.81. The predicted molar refractivity (Wildman–Crippen MR) is 91.1 cm³/mol. The molecule has 1 aliphatic rings. The second-order valence-corrected chi connectivity index (χ2v) is 8.80. The van der Waals surface area contributed by atoms with E-state index in [0.717, 1.165) is 5.56 Å². The Hall–Kier alpha value is -1.89. The van der Waals surface area contributed by atoms with Crippen molar-refractivity contribution in [3.8, 4) is 0 Å². The first-order valence-corrected chi connectivity index (χ1v) is 9.52. The van der Waals surface area contributed by atoms with Gasteiger partial charge in [0, 0.05) is 0 Å². The number of nitrogens with two attached hydrogens (primary N) is 1. The smallest absolute Gasteiger partial charge is 0.242 e. The van der Waals surface area contributed by atoms with Gasteiger partial charge in [-0.1, -0.05) is 25.0 Å². The molecule has 0 aromatic heterocycles. The number of rotatable bonds is 5. The molecular formula is C17H24N2O4S. The highest BCUT2D eigenvalue weighted by molar-refractivity contribution is 7.93. The van der Waals surface area contributed by atoms with Gasteiger partial charge in [0.05, 0.1) is 4.90 Å². The summed E-state index contributed by atoms with van der Waals surface area (Å²) in [5, 5.41) is 2.48. The first-order valence-electron chi connectivity index (χ1n) is 8.04. The topological polar surface area (TPSA) is 106 Å². The molecule has 0 spiro atoms. The van der Waals surface area contributed by atoms with E-state index in [0.29, 0.717) is 18.4 Å². The van der Waals surface area contributed by atoms with E-state index in [9.17, 15) is 18.0 Å². The number of nitrogens with one attached hydrogen (secondary N) is 1. The van der Waals surface area contributed by atoms with E-state index in [4.69, 9.17) is 5.73 Å². The summed E-state index contributed by atoms with van der Waals surface area (Å²) in [5.41, 5.74) is 6.62. The monoisotopic (exact) mass is 352 g/mol. The van der Waals surface area contributed by atoms with Crippen LogP contribution in [0, 0.1) is 13.8 Å². The molecule has 0 aliphatic heterocycles. The molecule has 24 heavy (non-hydrogen) atoms. The van der Waals surface area contributed by atoms with E-state index >= 15 is 0 Å². The van der Waals surface area contributed by atoms with Crippen LogP contribution >= 0.6 is 0 Å². The molecule has 2 amide bonds. The minimum Gasteiger partial charge on any atom is -0.368 e. The van der Waals surface area contributed by atoms with Gasteiger partial charge in [-0.05, 0) is 50.8 Å². The van der Waals surface area contributed by atoms with Gasteiger partial charge in [-0.3, -0.25) is 9.59 Å². The summed E-state index contributed by atoms with van der Waals surface area (Å²) < 4.78 is 25.2. The molecule has 1 atom stereocenters. The van der Waals surface area contributed by atoms with Gasteiger partial charge < -0.3 is 11.1 Å². The molecule has 132 valence electrons. The van der Waals surface area contributed by atoms with Crippen LogP contribution in [0.15, 0.2) is 23.1 Å². The highest BCUT2D eigenvalue weighted by atomic mass is 32.2. The Balaban J connectivity index is 2.51. The van der Waals surface area contributed by atoms with Crippen molar-refractivity contribution in [1.82, 2.24) is 5.32 Å². The number of primary amides is 1. The fraction of sp³-hybridized carbons (Fsp3) is 0.529. The Labute approximate surface area is 142 Å². The molecule has 1 aromatic carbocycles. The summed E-state index contributed by atoms with van der Waals surface area (Å²) in [4.78, 5) is 24.2. The molecule has 2 rings (SSSR count). The average Bonchev–Trinajstić information content (AvgIpc) is 3.00. The third kappa shape index (κ3) is 3.05. The van der Waals surface area contributed by atoms with Gasteiger partial charge in [0.15, 0.2) is 14.6 Å². The summed E-state index contributed by atoms with van der Waals surface area (Å²) in [7, 11) is -3.89. The first kappa shape index (κ1) is 18.4. The van der Waals surface area contributed by atoms with Crippen molar-refractivity contribution in [3.63, 3.8) is 0 Å². The van der Waals surface area contributed by atoms with Crippen LogP contribution in [0.3, 0.4) is 0 Å². The Bertz CT molecular complexity index is 765. The van der Waals surface area contributed by atoms with Crippen LogP contribution in [-0.2, 0) is 19.4 Å². The lowest BCUT2D eigenvalue weighted by Gasteiger charge is -2.29. The highest BCUT2D eigenvalue weighted by Gasteiger charge is 2.53. The zero-order valence-corrected chi connectivity index (χ0v) is 15.1. The van der Waals surface area contributed by atoms with E-state index in [1.165, 1.54) is 6.92 Å². The molecule has 1 fully saturated rings. The van der Waals surface area contributed by atoms with Gasteiger partial charge in [-0.15, -0.1) is 0 Å². The summed E-state index contributed by atoms with van der Waals surface area (Å²) in [6, 6.07) is 4.28. The lowest BCUT2D eigenvalue weighted by atomic mass is 10.1. The maximum Gasteiger partial charge on any atom is 0.242 e. The van der Waals surface area contributed by atoms with Crippen molar-refractivity contribution in [3.05, 3.63) is 29.3 Å². The Kier molecular flexibility index (Phi) is 5.03. The molecular weight excluding hydrogens is 328 g/mol. The molecule has 3 N–H and O–H groups in total. The number of carbonyl (C=O) groups excluding carboxylic acids is 2. The number of sulfone groups is 1. The summed E-state index contributed by atoms with van der Waals surface area (Å²) >= 11 is 0. The van der Waals surface area contributed by atoms with E-state index in [1.807, 2.05) is 13.0 Å². The normalized spacial score (nSPS) is 18.1. The standard InChI is InChI=1S/C17H24N2O4S/c1-11-6-7-12(2)14(10-11)24(22,23)17(8-4-5-9-17)16(21)19-13(3)15(18)20/h6-7,10,13H,4-5,8-9H2,1-3H3,(H2,18,20)(H,19,21). The third-order valence-electron chi connectivity index (χ3n) is 4.75. The van der Waals surface area contributed by atoms with Crippen LogP contribution in [-0.4, -0.2) is 31.0 Å². The third-order valence-corrected chi connectivity index (χ3v) is 7.39. The number of carbonyl (C=O) groups is 2. The fourth-order valence-corrected chi connectivity index (χ4v) is 5.55. The van der Waals surface area contributed by atoms with Crippen LogP contribution < -0.4 is 11.1 Å². The first-order chi connectivity index (χ1) is 11.1. The molecule has 7 heteroatoms. The van der Waals surface area contributed by atoms with Crippen LogP contribution in [0.1, 0.15) is 43.7 Å². The van der Waals surface area contributed by atoms with Crippen molar-refractivity contribution < 1.29 is 18.0 Å².